The van der Waals surface area contributed by atoms with E-state index >= 15 is 0 Å². The number of piperazine rings is 3. The van der Waals surface area contributed by atoms with Crippen molar-refractivity contribution in [3.8, 4) is 5.75 Å². The highest BCUT2D eigenvalue weighted by Gasteiger charge is 2.42. The summed E-state index contributed by atoms with van der Waals surface area (Å²) in [6.45, 7) is 25.9. The molecule has 2 aromatic carbocycles. The number of nitrogens with two attached hydrogens (primary N) is 2. The zero-order chi connectivity index (χ0) is 57.3. The van der Waals surface area contributed by atoms with Gasteiger partial charge in [0, 0.05) is 143 Å². The van der Waals surface area contributed by atoms with Crippen molar-refractivity contribution in [2.45, 2.75) is 108 Å². The molecule has 9 rings (SSSR count). The summed E-state index contributed by atoms with van der Waals surface area (Å²) in [5.41, 5.74) is 17.6. The maximum absolute atomic E-state index is 14.4. The molecule has 0 saturated carbocycles. The first-order valence-corrected chi connectivity index (χ1v) is 29.2. The maximum atomic E-state index is 14.4. The lowest BCUT2D eigenvalue weighted by molar-refractivity contribution is -0.120. The number of hydrogen-bond donors (Lipinski definition) is 3. The number of sulfone groups is 1. The molecule has 22 heteroatoms. The number of aliphatic imine (C=N–C) groups is 1. The number of nitrogens with one attached hydrogen (secondary N) is 1. The second-order valence-electron chi connectivity index (χ2n) is 23.6. The molecular weight excluding hydrogens is 1040 g/mol. The molecule has 3 atom stereocenters. The number of ether oxygens (including phenoxy) is 1. The minimum absolute atomic E-state index is 0.0212. The monoisotopic (exact) mass is 1120 g/mol. The van der Waals surface area contributed by atoms with Crippen LogP contribution in [0.5, 0.6) is 5.75 Å². The molecule has 5 N–H and O–H groups in total. The molecule has 20 nitrogen and oxygen atoms in total. The summed E-state index contributed by atoms with van der Waals surface area (Å²) in [5, 5.41) is 4.07. The molecule has 3 saturated heterocycles. The number of carbonyl (C=O) groups is 2. The zero-order valence-corrected chi connectivity index (χ0v) is 48.6. The number of rotatable bonds is 16. The Morgan fingerprint density at radius 2 is 1.61 bits per heavy atom. The number of allylic oxidation sites excluding steroid dienone is 1. The zero-order valence-electron chi connectivity index (χ0n) is 47.7. The molecule has 0 aliphatic carbocycles. The highest BCUT2D eigenvalue weighted by atomic mass is 32.2. The first-order chi connectivity index (χ1) is 37.9. The number of nitrogens with zero attached hydrogens (tertiary/aromatic N) is 12. The Bertz CT molecular complexity index is 3250. The van der Waals surface area contributed by atoms with Crippen molar-refractivity contribution in [2.75, 3.05) is 101 Å². The van der Waals surface area contributed by atoms with Crippen LogP contribution in [0.1, 0.15) is 95.9 Å². The molecule has 5 aromatic rings. The minimum atomic E-state index is -3.88. The van der Waals surface area contributed by atoms with Gasteiger partial charge in [-0.05, 0) is 96.7 Å². The van der Waals surface area contributed by atoms with E-state index in [9.17, 15) is 22.4 Å². The third-order valence-corrected chi connectivity index (χ3v) is 18.5. The van der Waals surface area contributed by atoms with Crippen molar-refractivity contribution in [1.29, 1.82) is 0 Å². The number of hydrogen-bond acceptors (Lipinski definition) is 17. The lowest BCUT2D eigenvalue weighted by Crippen LogP contribution is -2.63. The van der Waals surface area contributed by atoms with Crippen molar-refractivity contribution >= 4 is 55.8 Å². The normalized spacial score (nSPS) is 20.9. The second kappa shape index (κ2) is 23.8. The predicted octanol–water partition coefficient (Wildman–Crippen LogP) is 5.08. The molecule has 7 heterocycles. The summed E-state index contributed by atoms with van der Waals surface area (Å²) in [7, 11) is -3.88. The molecule has 3 aromatic heterocycles. The van der Waals surface area contributed by atoms with Gasteiger partial charge in [-0.25, -0.2) is 37.7 Å². The van der Waals surface area contributed by atoms with E-state index in [2.05, 4.69) is 73.6 Å². The predicted molar refractivity (Wildman–Crippen MR) is 310 cm³/mol. The Morgan fingerprint density at radius 3 is 2.30 bits per heavy atom. The number of aromatic nitrogens is 5. The van der Waals surface area contributed by atoms with Crippen LogP contribution < -0.4 is 31.3 Å². The van der Waals surface area contributed by atoms with E-state index in [1.54, 1.807) is 65.2 Å². The van der Waals surface area contributed by atoms with Crippen LogP contribution in [0.3, 0.4) is 0 Å². The average Bonchev–Trinajstić information content (AvgIpc) is 3.79. The van der Waals surface area contributed by atoms with Gasteiger partial charge in [-0.2, -0.15) is 0 Å². The second-order valence-corrected chi connectivity index (χ2v) is 26.3. The number of amidine groups is 1. The third kappa shape index (κ3) is 12.9. The fourth-order valence-corrected chi connectivity index (χ4v) is 12.2. The Balaban J connectivity index is 0.748. The van der Waals surface area contributed by atoms with Crippen LogP contribution in [-0.2, 0) is 26.5 Å². The largest absolute Gasteiger partial charge is 0.492 e. The lowest BCUT2D eigenvalue weighted by atomic mass is 9.91. The summed E-state index contributed by atoms with van der Waals surface area (Å²) in [4.78, 5) is 68.6. The van der Waals surface area contributed by atoms with E-state index < -0.39 is 14.6 Å². The van der Waals surface area contributed by atoms with Gasteiger partial charge in [0.15, 0.2) is 15.7 Å². The number of carbonyl (C=O) groups excluding carboxylic acids is 2. The number of halogens is 1. The fourth-order valence-electron chi connectivity index (χ4n) is 10.9. The van der Waals surface area contributed by atoms with E-state index in [0.717, 1.165) is 61.8 Å². The number of fused-ring (bicyclic) bond motifs is 2. The lowest BCUT2D eigenvalue weighted by Gasteiger charge is -2.45. The van der Waals surface area contributed by atoms with Gasteiger partial charge in [0.2, 0.25) is 11.9 Å². The molecule has 0 spiro atoms. The Morgan fingerprint density at radius 1 is 0.887 bits per heavy atom. The van der Waals surface area contributed by atoms with Crippen LogP contribution in [0.25, 0.3) is 10.9 Å². The molecule has 2 amide bonds. The highest BCUT2D eigenvalue weighted by molar-refractivity contribution is 7.92. The van der Waals surface area contributed by atoms with Crippen LogP contribution in [0, 0.1) is 5.82 Å². The minimum Gasteiger partial charge on any atom is -0.492 e. The summed E-state index contributed by atoms with van der Waals surface area (Å²) >= 11 is 0. The van der Waals surface area contributed by atoms with E-state index in [1.807, 2.05) is 16.0 Å². The van der Waals surface area contributed by atoms with Gasteiger partial charge >= 0.3 is 0 Å². The van der Waals surface area contributed by atoms with Gasteiger partial charge < -0.3 is 36.2 Å². The van der Waals surface area contributed by atoms with Crippen molar-refractivity contribution < 1.29 is 27.1 Å². The fraction of sp³-hybridized carbons (Fsp3) is 0.517. The quantitative estimate of drug-likeness (QED) is 0.0663. The van der Waals surface area contributed by atoms with Gasteiger partial charge in [-0.1, -0.05) is 26.0 Å². The first kappa shape index (κ1) is 58.0. The van der Waals surface area contributed by atoms with Crippen LogP contribution >= 0.6 is 0 Å². The average molecular weight is 1120 g/mol. The summed E-state index contributed by atoms with van der Waals surface area (Å²) in [6, 6.07) is 12.3. The van der Waals surface area contributed by atoms with Crippen LogP contribution in [0.15, 0.2) is 88.5 Å². The Labute approximate surface area is 469 Å². The molecule has 4 aliphatic heterocycles. The number of pyridine rings is 1. The SMILES string of the molecule is CC(N)=C(C)C(N)=Nc1ncnc2cc(OCCCN3CCN(C(=O)c4cnc(N5CCN(C[C@H]6CN[C@H](C)CN6CC(=O)N6CC(C)(C)c7ncc(Cc8ccc(F)cc8)cc76)[C@H](C)C5)nc4)CC3)c(S(=O)(=O)C(C)(C)C)cc12. The maximum Gasteiger partial charge on any atom is 0.257 e. The van der Waals surface area contributed by atoms with E-state index in [1.165, 1.54) is 24.5 Å². The van der Waals surface area contributed by atoms with Crippen LogP contribution in [-0.4, -0.2) is 185 Å². The topological polar surface area (TPSA) is 238 Å². The smallest absolute Gasteiger partial charge is 0.257 e. The third-order valence-electron chi connectivity index (χ3n) is 16.0. The van der Waals surface area contributed by atoms with Crippen molar-refractivity contribution in [1.82, 2.24) is 49.8 Å². The molecule has 0 unspecified atom stereocenters. The van der Waals surface area contributed by atoms with Crippen LogP contribution in [0.2, 0.25) is 0 Å². The number of anilines is 2. The summed E-state index contributed by atoms with van der Waals surface area (Å²) < 4.78 is 46.6. The molecule has 4 aliphatic rings. The molecule has 428 valence electrons. The molecular formula is C58H78FN15O5S. The summed E-state index contributed by atoms with van der Waals surface area (Å²) in [5.74, 6) is 0.869. The van der Waals surface area contributed by atoms with E-state index in [0.29, 0.717) is 92.3 Å². The van der Waals surface area contributed by atoms with E-state index in [4.69, 9.17) is 31.2 Å². The van der Waals surface area contributed by atoms with Gasteiger partial charge in [0.1, 0.15) is 28.6 Å². The van der Waals surface area contributed by atoms with Gasteiger partial charge in [-0.3, -0.25) is 29.3 Å². The molecule has 0 radical (unpaired) electrons. The Kier molecular flexibility index (Phi) is 17.2. The standard InChI is InChI=1S/C58H78FN15O5S/c1-37-31-73(34-51(75)74-35-58(8,9)52-48(74)24-42(27-63-52)23-41-11-13-44(59)14-12-41)45(30-62-37)33-71-20-21-72(32-38(71)2)56-64-28-43(29-65-56)55(76)70-18-16-69(17-19-70)15-10-22-79-49-26-47-46(25-50(49)80(77,78)57(5,6)7)54(67-36-66-47)68-53(61)39(3)40(4)60/h11-14,24-29,36-38,45,62H,10,15-23,30-35,60H2,1-9H3,(H2,61,66,67,68)/t37-,38-,45-/m1/s1. The number of benzene rings is 2. The van der Waals surface area contributed by atoms with Gasteiger partial charge in [0.05, 0.1) is 40.4 Å². The van der Waals surface area contributed by atoms with Crippen LogP contribution in [0.4, 0.5) is 21.8 Å². The van der Waals surface area contributed by atoms with Gasteiger partial charge in [0.25, 0.3) is 5.91 Å². The first-order valence-electron chi connectivity index (χ1n) is 27.7. The summed E-state index contributed by atoms with van der Waals surface area (Å²) in [6.07, 6.45) is 7.72. The van der Waals surface area contributed by atoms with Crippen molar-refractivity contribution in [3.63, 3.8) is 0 Å². The highest BCUT2D eigenvalue weighted by Crippen LogP contribution is 2.41. The molecule has 80 heavy (non-hydrogen) atoms. The van der Waals surface area contributed by atoms with Crippen molar-refractivity contribution in [2.24, 2.45) is 16.5 Å². The Hall–Kier alpha value is -6.72. The van der Waals surface area contributed by atoms with Crippen molar-refractivity contribution in [3.05, 3.63) is 107 Å². The molecule has 0 bridgehead atoms. The van der Waals surface area contributed by atoms with Gasteiger partial charge in [-0.15, -0.1) is 0 Å². The number of amides is 2. The molecule has 3 fully saturated rings. The van der Waals surface area contributed by atoms with E-state index in [-0.39, 0.29) is 70.1 Å².